The second-order valence-electron chi connectivity index (χ2n) is 4.17. The normalized spacial score (nSPS) is 10.2. The van der Waals surface area contributed by atoms with Gasteiger partial charge in [0.05, 0.1) is 5.02 Å². The molecule has 0 saturated carbocycles. The van der Waals surface area contributed by atoms with Crippen LogP contribution >= 0.6 is 11.6 Å². The summed E-state index contributed by atoms with van der Waals surface area (Å²) in [6.07, 6.45) is 0.725. The first-order valence-corrected chi connectivity index (χ1v) is 5.98. The highest BCUT2D eigenvalue weighted by atomic mass is 35.5. The molecule has 0 bridgehead atoms. The minimum Gasteiger partial charge on any atom is -0.457 e. The van der Waals surface area contributed by atoms with Gasteiger partial charge in [0.15, 0.2) is 6.29 Å². The molecule has 2 aromatic rings. The van der Waals surface area contributed by atoms with Crippen molar-refractivity contribution in [1.29, 1.82) is 0 Å². The lowest BCUT2D eigenvalue weighted by molar-refractivity contribution is 0.112. The van der Waals surface area contributed by atoms with Crippen LogP contribution in [0.15, 0.2) is 36.4 Å². The number of rotatable bonds is 3. The van der Waals surface area contributed by atoms with Crippen molar-refractivity contribution in [2.45, 2.75) is 13.8 Å². The molecule has 18 heavy (non-hydrogen) atoms. The Morgan fingerprint density at radius 3 is 2.50 bits per heavy atom. The van der Waals surface area contributed by atoms with Gasteiger partial charge >= 0.3 is 0 Å². The lowest BCUT2D eigenvalue weighted by Gasteiger charge is -2.10. The summed E-state index contributed by atoms with van der Waals surface area (Å²) < 4.78 is 5.74. The van der Waals surface area contributed by atoms with Crippen LogP contribution in [0.1, 0.15) is 21.5 Å². The average molecular weight is 261 g/mol. The molecule has 0 atom stereocenters. The van der Waals surface area contributed by atoms with Crippen molar-refractivity contribution < 1.29 is 9.53 Å². The fraction of sp³-hybridized carbons (Fsp3) is 0.133. The third-order valence-corrected chi connectivity index (χ3v) is 2.98. The summed E-state index contributed by atoms with van der Waals surface area (Å²) in [6.45, 7) is 4.02. The lowest BCUT2D eigenvalue weighted by Crippen LogP contribution is -1.90. The molecule has 2 aromatic carbocycles. The van der Waals surface area contributed by atoms with Crippen LogP contribution in [0.25, 0.3) is 0 Å². The maximum absolute atomic E-state index is 10.7. The van der Waals surface area contributed by atoms with E-state index in [0.29, 0.717) is 16.3 Å². The smallest absolute Gasteiger partial charge is 0.151 e. The molecule has 0 saturated heterocycles. The monoisotopic (exact) mass is 260 g/mol. The van der Waals surface area contributed by atoms with Crippen LogP contribution in [0.3, 0.4) is 0 Å². The van der Waals surface area contributed by atoms with Crippen LogP contribution in [0.5, 0.6) is 11.5 Å². The topological polar surface area (TPSA) is 26.3 Å². The highest BCUT2D eigenvalue weighted by Gasteiger charge is 2.05. The van der Waals surface area contributed by atoms with Crippen LogP contribution in [-0.2, 0) is 0 Å². The van der Waals surface area contributed by atoms with E-state index in [0.717, 1.165) is 17.6 Å². The Labute approximate surface area is 111 Å². The van der Waals surface area contributed by atoms with Gasteiger partial charge in [-0.2, -0.15) is 0 Å². The standard InChI is InChI=1S/C15H13ClO2/c1-10-3-6-15(11(2)7-10)18-13-5-4-12(9-17)14(16)8-13/h3-9H,1-2H3. The Hall–Kier alpha value is -1.80. The summed E-state index contributed by atoms with van der Waals surface area (Å²) in [7, 11) is 0. The maximum atomic E-state index is 10.7. The zero-order chi connectivity index (χ0) is 13.1. The molecule has 0 heterocycles. The zero-order valence-electron chi connectivity index (χ0n) is 10.2. The molecule has 0 aliphatic carbocycles. The van der Waals surface area contributed by atoms with Crippen molar-refractivity contribution in [3.8, 4) is 11.5 Å². The van der Waals surface area contributed by atoms with Crippen molar-refractivity contribution in [1.82, 2.24) is 0 Å². The summed E-state index contributed by atoms with van der Waals surface area (Å²) in [6, 6.07) is 11.0. The minimum absolute atomic E-state index is 0.396. The summed E-state index contributed by atoms with van der Waals surface area (Å²) in [4.78, 5) is 10.7. The van der Waals surface area contributed by atoms with Crippen molar-refractivity contribution >= 4 is 17.9 Å². The third kappa shape index (κ3) is 2.71. The van der Waals surface area contributed by atoms with Crippen LogP contribution < -0.4 is 4.74 Å². The van der Waals surface area contributed by atoms with Gasteiger partial charge in [-0.1, -0.05) is 29.3 Å². The third-order valence-electron chi connectivity index (χ3n) is 2.66. The van der Waals surface area contributed by atoms with Gasteiger partial charge in [0, 0.05) is 11.6 Å². The summed E-state index contributed by atoms with van der Waals surface area (Å²) >= 11 is 5.95. The first kappa shape index (κ1) is 12.7. The van der Waals surface area contributed by atoms with Crippen LogP contribution in [0, 0.1) is 13.8 Å². The SMILES string of the molecule is Cc1ccc(Oc2ccc(C=O)c(Cl)c2)c(C)c1. The van der Waals surface area contributed by atoms with Crippen LogP contribution in [-0.4, -0.2) is 6.29 Å². The molecule has 0 aliphatic rings. The Kier molecular flexibility index (Phi) is 3.68. The first-order valence-electron chi connectivity index (χ1n) is 5.60. The molecule has 0 fully saturated rings. The predicted octanol–water partition coefficient (Wildman–Crippen LogP) is 4.56. The van der Waals surface area contributed by atoms with E-state index in [1.807, 2.05) is 26.0 Å². The Bertz CT molecular complexity index is 591. The number of hydrogen-bond donors (Lipinski definition) is 0. The van der Waals surface area contributed by atoms with Gasteiger partial charge < -0.3 is 4.74 Å². The molecule has 0 aromatic heterocycles. The maximum Gasteiger partial charge on any atom is 0.151 e. The Balaban J connectivity index is 2.28. The molecular weight excluding hydrogens is 248 g/mol. The Morgan fingerprint density at radius 2 is 1.89 bits per heavy atom. The molecule has 0 spiro atoms. The van der Waals surface area contributed by atoms with Gasteiger partial charge in [-0.25, -0.2) is 0 Å². The number of ether oxygens (including phenoxy) is 1. The van der Waals surface area contributed by atoms with Crippen LogP contribution in [0.4, 0.5) is 0 Å². The number of aryl methyl sites for hydroxylation is 2. The molecule has 0 radical (unpaired) electrons. The minimum atomic E-state index is 0.396. The van der Waals surface area contributed by atoms with Crippen LogP contribution in [0.2, 0.25) is 5.02 Å². The van der Waals surface area contributed by atoms with E-state index in [-0.39, 0.29) is 0 Å². The fourth-order valence-corrected chi connectivity index (χ4v) is 1.92. The van der Waals surface area contributed by atoms with Crippen molar-refractivity contribution in [3.63, 3.8) is 0 Å². The van der Waals surface area contributed by atoms with Gasteiger partial charge in [0.2, 0.25) is 0 Å². The van der Waals surface area contributed by atoms with Gasteiger partial charge in [-0.3, -0.25) is 4.79 Å². The van der Waals surface area contributed by atoms with Crippen molar-refractivity contribution in [2.75, 3.05) is 0 Å². The van der Waals surface area contributed by atoms with E-state index in [2.05, 4.69) is 6.07 Å². The number of halogens is 1. The van der Waals surface area contributed by atoms with Gasteiger partial charge in [0.25, 0.3) is 0 Å². The lowest BCUT2D eigenvalue weighted by atomic mass is 10.1. The summed E-state index contributed by atoms with van der Waals surface area (Å²) in [5, 5.41) is 0.396. The molecular formula is C15H13ClO2. The molecule has 0 aliphatic heterocycles. The van der Waals surface area contributed by atoms with E-state index in [1.165, 1.54) is 5.56 Å². The second kappa shape index (κ2) is 5.23. The summed E-state index contributed by atoms with van der Waals surface area (Å²) in [5.41, 5.74) is 2.71. The zero-order valence-corrected chi connectivity index (χ0v) is 11.0. The van der Waals surface area contributed by atoms with E-state index in [9.17, 15) is 4.79 Å². The summed E-state index contributed by atoms with van der Waals surface area (Å²) in [5.74, 6) is 1.41. The Morgan fingerprint density at radius 1 is 1.11 bits per heavy atom. The number of aldehydes is 1. The van der Waals surface area contributed by atoms with Gasteiger partial charge in [-0.05, 0) is 37.6 Å². The number of benzene rings is 2. The molecule has 0 amide bonds. The fourth-order valence-electron chi connectivity index (χ4n) is 1.71. The largest absolute Gasteiger partial charge is 0.457 e. The quantitative estimate of drug-likeness (QED) is 0.756. The first-order chi connectivity index (χ1) is 8.60. The highest BCUT2D eigenvalue weighted by Crippen LogP contribution is 2.28. The highest BCUT2D eigenvalue weighted by molar-refractivity contribution is 6.33. The van der Waals surface area contributed by atoms with E-state index in [1.54, 1.807) is 18.2 Å². The molecule has 2 rings (SSSR count). The van der Waals surface area contributed by atoms with Gasteiger partial charge in [-0.15, -0.1) is 0 Å². The average Bonchev–Trinajstić information content (AvgIpc) is 2.33. The van der Waals surface area contributed by atoms with Gasteiger partial charge in [0.1, 0.15) is 11.5 Å². The number of hydrogen-bond acceptors (Lipinski definition) is 2. The van der Waals surface area contributed by atoms with Crippen molar-refractivity contribution in [2.24, 2.45) is 0 Å². The van der Waals surface area contributed by atoms with E-state index in [4.69, 9.17) is 16.3 Å². The second-order valence-corrected chi connectivity index (χ2v) is 4.58. The molecule has 0 N–H and O–H groups in total. The molecule has 3 heteroatoms. The molecule has 2 nitrogen and oxygen atoms in total. The number of carbonyl (C=O) groups is 1. The molecule has 92 valence electrons. The molecule has 0 unspecified atom stereocenters. The van der Waals surface area contributed by atoms with E-state index < -0.39 is 0 Å². The van der Waals surface area contributed by atoms with Crippen molar-refractivity contribution in [3.05, 3.63) is 58.1 Å². The van der Waals surface area contributed by atoms with E-state index >= 15 is 0 Å². The predicted molar refractivity (Wildman–Crippen MR) is 72.8 cm³/mol. The number of carbonyl (C=O) groups excluding carboxylic acids is 1.